The highest BCUT2D eigenvalue weighted by Gasteiger charge is 2.27. The van der Waals surface area contributed by atoms with Gasteiger partial charge in [0, 0.05) is 11.6 Å². The molecule has 6 heteroatoms. The third kappa shape index (κ3) is 4.97. The summed E-state index contributed by atoms with van der Waals surface area (Å²) in [7, 11) is 0. The smallest absolute Gasteiger partial charge is 0.253 e. The fourth-order valence-electron chi connectivity index (χ4n) is 2.84. The molecule has 6 nitrogen and oxygen atoms in total. The average molecular weight is 379 g/mol. The molecule has 146 valence electrons. The first-order valence-electron chi connectivity index (χ1n) is 9.52. The highest BCUT2D eigenvalue weighted by atomic mass is 16.2. The first-order chi connectivity index (χ1) is 13.5. The summed E-state index contributed by atoms with van der Waals surface area (Å²) in [5.74, 6) is -0.993. The monoisotopic (exact) mass is 379 g/mol. The molecule has 1 saturated carbocycles. The molecule has 0 spiro atoms. The standard InChI is InChI=1S/C22H25N3O3/c1-14(2)19(25-20(26)15-8-4-3-5-9-15)22(28)24-18-11-7-6-10-17(18)21(27)23-16-12-13-16/h3-11,14,16,19H,12-13H2,1-2H3,(H,23,27)(H,24,28)(H,25,26). The maximum atomic E-state index is 12.9. The Morgan fingerprint density at radius 2 is 1.54 bits per heavy atom. The molecule has 0 bridgehead atoms. The van der Waals surface area contributed by atoms with E-state index in [-0.39, 0.29) is 29.7 Å². The lowest BCUT2D eigenvalue weighted by atomic mass is 10.0. The second-order valence-electron chi connectivity index (χ2n) is 7.34. The number of para-hydroxylation sites is 1. The lowest BCUT2D eigenvalue weighted by Gasteiger charge is -2.22. The van der Waals surface area contributed by atoms with Gasteiger partial charge in [0.1, 0.15) is 6.04 Å². The van der Waals surface area contributed by atoms with Gasteiger partial charge in [0.2, 0.25) is 5.91 Å². The van der Waals surface area contributed by atoms with Crippen LogP contribution in [0.3, 0.4) is 0 Å². The summed E-state index contributed by atoms with van der Waals surface area (Å²) in [5.41, 5.74) is 1.34. The van der Waals surface area contributed by atoms with Crippen molar-refractivity contribution in [1.29, 1.82) is 0 Å². The molecular weight excluding hydrogens is 354 g/mol. The van der Waals surface area contributed by atoms with Gasteiger partial charge in [-0.2, -0.15) is 0 Å². The van der Waals surface area contributed by atoms with Crippen LogP contribution >= 0.6 is 0 Å². The van der Waals surface area contributed by atoms with Crippen molar-refractivity contribution >= 4 is 23.4 Å². The van der Waals surface area contributed by atoms with Gasteiger partial charge >= 0.3 is 0 Å². The van der Waals surface area contributed by atoms with Crippen LogP contribution in [0.2, 0.25) is 0 Å². The summed E-state index contributed by atoms with van der Waals surface area (Å²) in [5, 5.41) is 8.53. The van der Waals surface area contributed by atoms with Gasteiger partial charge in [-0.25, -0.2) is 0 Å². The van der Waals surface area contributed by atoms with Crippen LogP contribution in [0.1, 0.15) is 47.4 Å². The van der Waals surface area contributed by atoms with Gasteiger partial charge in [-0.15, -0.1) is 0 Å². The number of nitrogens with one attached hydrogen (secondary N) is 3. The van der Waals surface area contributed by atoms with Gasteiger partial charge in [0.25, 0.3) is 11.8 Å². The lowest BCUT2D eigenvalue weighted by molar-refractivity contribution is -0.118. The number of hydrogen-bond donors (Lipinski definition) is 3. The van der Waals surface area contributed by atoms with E-state index >= 15 is 0 Å². The topological polar surface area (TPSA) is 87.3 Å². The SMILES string of the molecule is CC(C)C(NC(=O)c1ccccc1)C(=O)Nc1ccccc1C(=O)NC1CC1. The molecule has 1 atom stereocenters. The van der Waals surface area contributed by atoms with Crippen LogP contribution in [-0.2, 0) is 4.79 Å². The molecule has 2 aromatic rings. The largest absolute Gasteiger partial charge is 0.349 e. The minimum atomic E-state index is -0.729. The maximum Gasteiger partial charge on any atom is 0.253 e. The number of hydrogen-bond acceptors (Lipinski definition) is 3. The molecule has 0 aliphatic heterocycles. The van der Waals surface area contributed by atoms with Crippen LogP contribution in [-0.4, -0.2) is 29.8 Å². The summed E-state index contributed by atoms with van der Waals surface area (Å²) in [6.07, 6.45) is 1.97. The zero-order chi connectivity index (χ0) is 20.1. The highest BCUT2D eigenvalue weighted by Crippen LogP contribution is 2.22. The third-order valence-corrected chi connectivity index (χ3v) is 4.61. The summed E-state index contributed by atoms with van der Waals surface area (Å²) in [6.45, 7) is 3.72. The van der Waals surface area contributed by atoms with Crippen molar-refractivity contribution in [3.63, 3.8) is 0 Å². The predicted molar refractivity (Wildman–Crippen MR) is 108 cm³/mol. The van der Waals surface area contributed by atoms with Crippen molar-refractivity contribution < 1.29 is 14.4 Å². The van der Waals surface area contributed by atoms with Crippen LogP contribution in [0.15, 0.2) is 54.6 Å². The van der Waals surface area contributed by atoms with E-state index in [0.29, 0.717) is 16.8 Å². The Bertz CT molecular complexity index is 860. The normalized spacial score (nSPS) is 14.2. The van der Waals surface area contributed by atoms with E-state index < -0.39 is 6.04 Å². The Kier molecular flexibility index (Phi) is 6.09. The molecule has 28 heavy (non-hydrogen) atoms. The van der Waals surface area contributed by atoms with Gasteiger partial charge in [0.15, 0.2) is 0 Å². The first kappa shape index (κ1) is 19.6. The van der Waals surface area contributed by atoms with Crippen LogP contribution in [0, 0.1) is 5.92 Å². The molecule has 0 radical (unpaired) electrons. The molecule has 3 rings (SSSR count). The molecule has 0 aromatic heterocycles. The molecule has 3 amide bonds. The Labute approximate surface area is 164 Å². The molecule has 0 heterocycles. The van der Waals surface area contributed by atoms with E-state index in [1.54, 1.807) is 48.5 Å². The molecule has 1 fully saturated rings. The Morgan fingerprint density at radius 3 is 2.18 bits per heavy atom. The van der Waals surface area contributed by atoms with Crippen LogP contribution in [0.4, 0.5) is 5.69 Å². The molecule has 1 aliphatic carbocycles. The summed E-state index contributed by atoms with van der Waals surface area (Å²) in [6, 6.07) is 15.2. The maximum absolute atomic E-state index is 12.9. The fourth-order valence-corrected chi connectivity index (χ4v) is 2.84. The van der Waals surface area contributed by atoms with Gasteiger partial charge in [-0.1, -0.05) is 44.2 Å². The fraction of sp³-hybridized carbons (Fsp3) is 0.318. The van der Waals surface area contributed by atoms with E-state index in [4.69, 9.17) is 0 Å². The minimum absolute atomic E-state index is 0.125. The van der Waals surface area contributed by atoms with Crippen molar-refractivity contribution in [1.82, 2.24) is 10.6 Å². The first-order valence-corrected chi connectivity index (χ1v) is 9.52. The quantitative estimate of drug-likeness (QED) is 0.691. The molecule has 0 saturated heterocycles. The number of rotatable bonds is 7. The van der Waals surface area contributed by atoms with Crippen LogP contribution < -0.4 is 16.0 Å². The van der Waals surface area contributed by atoms with E-state index in [0.717, 1.165) is 12.8 Å². The average Bonchev–Trinajstić information content (AvgIpc) is 3.50. The van der Waals surface area contributed by atoms with E-state index in [9.17, 15) is 14.4 Å². The van der Waals surface area contributed by atoms with Crippen molar-refractivity contribution in [3.05, 3.63) is 65.7 Å². The second kappa shape index (κ2) is 8.69. The number of carbonyl (C=O) groups is 3. The molecular formula is C22H25N3O3. The van der Waals surface area contributed by atoms with Gasteiger partial charge in [-0.05, 0) is 43.0 Å². The second-order valence-corrected chi connectivity index (χ2v) is 7.34. The Balaban J connectivity index is 1.72. The zero-order valence-corrected chi connectivity index (χ0v) is 16.1. The van der Waals surface area contributed by atoms with Gasteiger partial charge in [0.05, 0.1) is 11.3 Å². The van der Waals surface area contributed by atoms with E-state index in [1.165, 1.54) is 0 Å². The van der Waals surface area contributed by atoms with Crippen LogP contribution in [0.5, 0.6) is 0 Å². The lowest BCUT2D eigenvalue weighted by Crippen LogP contribution is -2.47. The number of anilines is 1. The van der Waals surface area contributed by atoms with Crippen molar-refractivity contribution in [2.24, 2.45) is 5.92 Å². The van der Waals surface area contributed by atoms with Crippen molar-refractivity contribution in [2.75, 3.05) is 5.32 Å². The number of benzene rings is 2. The third-order valence-electron chi connectivity index (χ3n) is 4.61. The Morgan fingerprint density at radius 1 is 0.893 bits per heavy atom. The molecule has 1 aliphatic rings. The highest BCUT2D eigenvalue weighted by molar-refractivity contribution is 6.06. The zero-order valence-electron chi connectivity index (χ0n) is 16.1. The number of carbonyl (C=O) groups excluding carboxylic acids is 3. The van der Waals surface area contributed by atoms with Crippen molar-refractivity contribution in [3.8, 4) is 0 Å². The van der Waals surface area contributed by atoms with E-state index in [2.05, 4.69) is 16.0 Å². The summed E-state index contributed by atoms with van der Waals surface area (Å²) >= 11 is 0. The van der Waals surface area contributed by atoms with Crippen LogP contribution in [0.25, 0.3) is 0 Å². The van der Waals surface area contributed by atoms with Crippen molar-refractivity contribution in [2.45, 2.75) is 38.8 Å². The molecule has 2 aromatic carbocycles. The summed E-state index contributed by atoms with van der Waals surface area (Å²) in [4.78, 5) is 37.8. The van der Waals surface area contributed by atoms with Gasteiger partial charge in [-0.3, -0.25) is 14.4 Å². The number of amides is 3. The summed E-state index contributed by atoms with van der Waals surface area (Å²) < 4.78 is 0. The predicted octanol–water partition coefficient (Wildman–Crippen LogP) is 2.97. The Hall–Kier alpha value is -3.15. The molecule has 3 N–H and O–H groups in total. The molecule has 1 unspecified atom stereocenters. The van der Waals surface area contributed by atoms with E-state index in [1.807, 2.05) is 19.9 Å². The minimum Gasteiger partial charge on any atom is -0.349 e. The van der Waals surface area contributed by atoms with Gasteiger partial charge < -0.3 is 16.0 Å².